The van der Waals surface area contributed by atoms with Crippen molar-refractivity contribution in [3.8, 4) is 0 Å². The summed E-state index contributed by atoms with van der Waals surface area (Å²) in [7, 11) is -3.32. The highest BCUT2D eigenvalue weighted by atomic mass is 79.9. The van der Waals surface area contributed by atoms with Gasteiger partial charge in [-0.2, -0.15) is 0 Å². The van der Waals surface area contributed by atoms with Crippen LogP contribution >= 0.6 is 27.5 Å². The maximum absolute atomic E-state index is 12.1. The van der Waals surface area contributed by atoms with Gasteiger partial charge in [0.1, 0.15) is 0 Å². The van der Waals surface area contributed by atoms with Gasteiger partial charge in [0, 0.05) is 16.2 Å². The zero-order chi connectivity index (χ0) is 14.6. The predicted octanol–water partition coefficient (Wildman–Crippen LogP) is 3.38. The van der Waals surface area contributed by atoms with Gasteiger partial charge >= 0.3 is 0 Å². The maximum atomic E-state index is 12.1. The van der Waals surface area contributed by atoms with Gasteiger partial charge in [-0.15, -0.1) is 0 Å². The minimum atomic E-state index is -3.32. The SMILES string of the molecule is O=S(=O)(CCC1CCCCN1)Nc1ccc(Cl)c(Br)c1. The van der Waals surface area contributed by atoms with Crippen LogP contribution in [-0.4, -0.2) is 26.8 Å². The Kier molecular flexibility index (Phi) is 5.72. The molecule has 1 heterocycles. The van der Waals surface area contributed by atoms with E-state index in [1.807, 2.05) is 0 Å². The highest BCUT2D eigenvalue weighted by molar-refractivity contribution is 9.10. The summed E-state index contributed by atoms with van der Waals surface area (Å²) in [6.45, 7) is 0.988. The number of nitrogens with one attached hydrogen (secondary N) is 2. The van der Waals surface area contributed by atoms with Crippen molar-refractivity contribution in [3.63, 3.8) is 0 Å². The largest absolute Gasteiger partial charge is 0.314 e. The molecule has 1 fully saturated rings. The third-order valence-corrected chi connectivity index (χ3v) is 5.87. The lowest BCUT2D eigenvalue weighted by atomic mass is 10.0. The molecule has 4 nitrogen and oxygen atoms in total. The lowest BCUT2D eigenvalue weighted by Crippen LogP contribution is -2.36. The predicted molar refractivity (Wildman–Crippen MR) is 86.8 cm³/mol. The van der Waals surface area contributed by atoms with Crippen LogP contribution in [-0.2, 0) is 10.0 Å². The van der Waals surface area contributed by atoms with Crippen LogP contribution in [0, 0.1) is 0 Å². The van der Waals surface area contributed by atoms with Crippen LogP contribution in [0.3, 0.4) is 0 Å². The highest BCUT2D eigenvalue weighted by Gasteiger charge is 2.17. The van der Waals surface area contributed by atoms with E-state index >= 15 is 0 Å². The van der Waals surface area contributed by atoms with E-state index in [0.717, 1.165) is 13.0 Å². The van der Waals surface area contributed by atoms with E-state index in [1.54, 1.807) is 18.2 Å². The number of piperidine rings is 1. The molecule has 1 atom stereocenters. The molecule has 1 aliphatic heterocycles. The molecule has 1 unspecified atom stereocenters. The lowest BCUT2D eigenvalue weighted by Gasteiger charge is -2.23. The summed E-state index contributed by atoms with van der Waals surface area (Å²) >= 11 is 9.16. The molecule has 0 aliphatic carbocycles. The Labute approximate surface area is 133 Å². The van der Waals surface area contributed by atoms with Crippen LogP contribution in [0.1, 0.15) is 25.7 Å². The second-order valence-corrected chi connectivity index (χ2v) is 8.09. The molecule has 0 aromatic heterocycles. The average Bonchev–Trinajstić information content (AvgIpc) is 2.42. The number of halogens is 2. The van der Waals surface area contributed by atoms with Gasteiger partial charge in [-0.1, -0.05) is 18.0 Å². The van der Waals surface area contributed by atoms with Crippen LogP contribution in [0.5, 0.6) is 0 Å². The summed E-state index contributed by atoms with van der Waals surface area (Å²) in [5.41, 5.74) is 0.526. The van der Waals surface area contributed by atoms with Gasteiger partial charge in [0.05, 0.1) is 10.8 Å². The Morgan fingerprint density at radius 3 is 2.85 bits per heavy atom. The summed E-state index contributed by atoms with van der Waals surface area (Å²) in [4.78, 5) is 0. The molecule has 7 heteroatoms. The van der Waals surface area contributed by atoms with E-state index in [-0.39, 0.29) is 5.75 Å². The molecule has 112 valence electrons. The molecule has 1 aromatic rings. The minimum Gasteiger partial charge on any atom is -0.314 e. The van der Waals surface area contributed by atoms with Gasteiger partial charge in [-0.05, 0) is 59.9 Å². The number of rotatable bonds is 5. The summed E-state index contributed by atoms with van der Waals surface area (Å²) in [5.74, 6) is 0.130. The third kappa shape index (κ3) is 4.91. The van der Waals surface area contributed by atoms with Gasteiger partial charge in [-0.25, -0.2) is 8.42 Å². The van der Waals surface area contributed by atoms with Crippen LogP contribution in [0.25, 0.3) is 0 Å². The van der Waals surface area contributed by atoms with Crippen molar-refractivity contribution in [2.75, 3.05) is 17.0 Å². The quantitative estimate of drug-likeness (QED) is 0.822. The van der Waals surface area contributed by atoms with Crippen molar-refractivity contribution in [3.05, 3.63) is 27.7 Å². The molecule has 1 saturated heterocycles. The molecule has 0 spiro atoms. The Morgan fingerprint density at radius 1 is 1.40 bits per heavy atom. The summed E-state index contributed by atoms with van der Waals surface area (Å²) in [6.07, 6.45) is 4.06. The summed E-state index contributed by atoms with van der Waals surface area (Å²) in [6, 6.07) is 5.30. The minimum absolute atomic E-state index is 0.130. The average molecular weight is 382 g/mol. The van der Waals surface area contributed by atoms with Crippen molar-refractivity contribution in [1.82, 2.24) is 5.32 Å². The fourth-order valence-corrected chi connectivity index (χ4v) is 3.94. The second-order valence-electron chi connectivity index (χ2n) is 4.99. The lowest BCUT2D eigenvalue weighted by molar-refractivity contribution is 0.393. The first-order valence-corrected chi connectivity index (χ1v) is 9.47. The van der Waals surface area contributed by atoms with Crippen molar-refractivity contribution in [1.29, 1.82) is 0 Å². The smallest absolute Gasteiger partial charge is 0.232 e. The number of hydrogen-bond donors (Lipinski definition) is 2. The molecular formula is C13H18BrClN2O2S. The van der Waals surface area contributed by atoms with Gasteiger partial charge < -0.3 is 5.32 Å². The molecule has 2 rings (SSSR count). The van der Waals surface area contributed by atoms with E-state index in [1.165, 1.54) is 12.8 Å². The van der Waals surface area contributed by atoms with Crippen LogP contribution in [0.15, 0.2) is 22.7 Å². The van der Waals surface area contributed by atoms with E-state index in [0.29, 0.717) is 27.6 Å². The Balaban J connectivity index is 1.91. The first-order valence-electron chi connectivity index (χ1n) is 6.65. The Bertz CT molecular complexity index is 559. The first-order chi connectivity index (χ1) is 9.46. The van der Waals surface area contributed by atoms with Gasteiger partial charge in [0.15, 0.2) is 0 Å². The standard InChI is InChI=1S/C13H18BrClN2O2S/c14-12-9-11(4-5-13(12)15)17-20(18,19)8-6-10-3-1-2-7-16-10/h4-5,9-10,16-17H,1-3,6-8H2. The van der Waals surface area contributed by atoms with Crippen molar-refractivity contribution in [2.45, 2.75) is 31.7 Å². The van der Waals surface area contributed by atoms with Crippen LogP contribution in [0.2, 0.25) is 5.02 Å². The summed E-state index contributed by atoms with van der Waals surface area (Å²) in [5, 5.41) is 3.91. The maximum Gasteiger partial charge on any atom is 0.232 e. The Hall–Kier alpha value is -0.300. The topological polar surface area (TPSA) is 58.2 Å². The molecule has 0 saturated carbocycles. The van der Waals surface area contributed by atoms with Gasteiger partial charge in [0.2, 0.25) is 10.0 Å². The second kappa shape index (κ2) is 7.11. The van der Waals surface area contributed by atoms with Gasteiger partial charge in [-0.3, -0.25) is 4.72 Å². The normalized spacial score (nSPS) is 19.8. The van der Waals surface area contributed by atoms with E-state index in [4.69, 9.17) is 11.6 Å². The molecule has 0 bridgehead atoms. The zero-order valence-corrected chi connectivity index (χ0v) is 14.2. The van der Waals surface area contributed by atoms with Crippen LogP contribution < -0.4 is 10.0 Å². The molecule has 2 N–H and O–H groups in total. The number of hydrogen-bond acceptors (Lipinski definition) is 3. The van der Waals surface area contributed by atoms with E-state index in [2.05, 4.69) is 26.0 Å². The molecule has 0 amide bonds. The summed E-state index contributed by atoms with van der Waals surface area (Å²) < 4.78 is 27.4. The number of benzene rings is 1. The fourth-order valence-electron chi connectivity index (χ4n) is 2.26. The monoisotopic (exact) mass is 380 g/mol. The van der Waals surface area contributed by atoms with Crippen molar-refractivity contribution < 1.29 is 8.42 Å². The molecule has 1 aliphatic rings. The third-order valence-electron chi connectivity index (χ3n) is 3.34. The van der Waals surface area contributed by atoms with Gasteiger partial charge in [0.25, 0.3) is 0 Å². The number of sulfonamides is 1. The zero-order valence-electron chi connectivity index (χ0n) is 11.0. The Morgan fingerprint density at radius 2 is 2.20 bits per heavy atom. The molecule has 1 aromatic carbocycles. The van der Waals surface area contributed by atoms with E-state index in [9.17, 15) is 8.42 Å². The fraction of sp³-hybridized carbons (Fsp3) is 0.538. The van der Waals surface area contributed by atoms with Crippen LogP contribution in [0.4, 0.5) is 5.69 Å². The molecule has 0 radical (unpaired) electrons. The number of anilines is 1. The van der Waals surface area contributed by atoms with E-state index < -0.39 is 10.0 Å². The van der Waals surface area contributed by atoms with Crippen molar-refractivity contribution in [2.24, 2.45) is 0 Å². The highest BCUT2D eigenvalue weighted by Crippen LogP contribution is 2.26. The molecule has 20 heavy (non-hydrogen) atoms. The molecular weight excluding hydrogens is 364 g/mol. The first kappa shape index (κ1) is 16.1. The van der Waals surface area contributed by atoms with Crippen molar-refractivity contribution >= 4 is 43.2 Å².